The SMILES string of the molecule is CCC(C(=O)NC1NNNN1)c1cccc(C(F)(F)F)c1. The zero-order valence-electron chi connectivity index (χ0n) is 11.2. The highest BCUT2D eigenvalue weighted by atomic mass is 19.4. The van der Waals surface area contributed by atoms with Gasteiger partial charge in [-0.15, -0.1) is 0 Å². The molecule has 1 amide bonds. The monoisotopic (exact) mass is 303 g/mol. The number of alkyl halides is 3. The van der Waals surface area contributed by atoms with Crippen LogP contribution < -0.4 is 27.2 Å². The summed E-state index contributed by atoms with van der Waals surface area (Å²) < 4.78 is 38.2. The molecule has 0 radical (unpaired) electrons. The molecule has 5 N–H and O–H groups in total. The van der Waals surface area contributed by atoms with Crippen LogP contribution in [0, 0.1) is 0 Å². The number of hydrogen-bond donors (Lipinski definition) is 5. The van der Waals surface area contributed by atoms with Crippen LogP contribution >= 0.6 is 0 Å². The van der Waals surface area contributed by atoms with Crippen molar-refractivity contribution in [2.75, 3.05) is 0 Å². The first-order valence-corrected chi connectivity index (χ1v) is 6.40. The number of carbonyl (C=O) groups is 1. The highest BCUT2D eigenvalue weighted by Gasteiger charge is 2.32. The molecule has 2 rings (SSSR count). The smallest absolute Gasteiger partial charge is 0.326 e. The van der Waals surface area contributed by atoms with Gasteiger partial charge in [-0.05, 0) is 18.1 Å². The van der Waals surface area contributed by atoms with Gasteiger partial charge < -0.3 is 5.32 Å². The molecule has 1 saturated heterocycles. The van der Waals surface area contributed by atoms with E-state index in [0.29, 0.717) is 12.0 Å². The maximum absolute atomic E-state index is 12.7. The van der Waals surface area contributed by atoms with Gasteiger partial charge in [0, 0.05) is 0 Å². The van der Waals surface area contributed by atoms with E-state index in [1.807, 2.05) is 0 Å². The van der Waals surface area contributed by atoms with Crippen LogP contribution in [-0.2, 0) is 11.0 Å². The van der Waals surface area contributed by atoms with Gasteiger partial charge >= 0.3 is 6.18 Å². The molecule has 116 valence electrons. The number of carbonyl (C=O) groups excluding carboxylic acids is 1. The second-order valence-corrected chi connectivity index (χ2v) is 4.56. The van der Waals surface area contributed by atoms with Gasteiger partial charge in [0.25, 0.3) is 0 Å². The molecular formula is C12H16F3N5O. The molecule has 0 aromatic heterocycles. The Labute approximate surface area is 119 Å². The fourth-order valence-electron chi connectivity index (χ4n) is 2.07. The van der Waals surface area contributed by atoms with Gasteiger partial charge in [0.15, 0.2) is 6.29 Å². The molecule has 0 aliphatic carbocycles. The lowest BCUT2D eigenvalue weighted by molar-refractivity contribution is -0.137. The van der Waals surface area contributed by atoms with Crippen molar-refractivity contribution in [1.82, 2.24) is 27.2 Å². The average Bonchev–Trinajstić information content (AvgIpc) is 2.92. The number of hydrazine groups is 3. The molecular weight excluding hydrogens is 287 g/mol. The third-order valence-corrected chi connectivity index (χ3v) is 3.12. The van der Waals surface area contributed by atoms with Crippen molar-refractivity contribution in [2.45, 2.75) is 31.7 Å². The predicted octanol–water partition coefficient (Wildman–Crippen LogP) is 0.716. The molecule has 21 heavy (non-hydrogen) atoms. The predicted molar refractivity (Wildman–Crippen MR) is 68.9 cm³/mol. The van der Waals surface area contributed by atoms with Gasteiger partial charge in [-0.1, -0.05) is 25.1 Å². The van der Waals surface area contributed by atoms with Crippen molar-refractivity contribution in [3.05, 3.63) is 35.4 Å². The van der Waals surface area contributed by atoms with Crippen molar-refractivity contribution < 1.29 is 18.0 Å². The Bertz CT molecular complexity index is 502. The lowest BCUT2D eigenvalue weighted by Crippen LogP contribution is -2.51. The summed E-state index contributed by atoms with van der Waals surface area (Å²) in [4.78, 5) is 12.2. The summed E-state index contributed by atoms with van der Waals surface area (Å²) in [5, 5.41) is 2.62. The Balaban J connectivity index is 2.14. The van der Waals surface area contributed by atoms with Crippen molar-refractivity contribution >= 4 is 5.91 Å². The summed E-state index contributed by atoms with van der Waals surface area (Å²) in [7, 11) is 0. The lowest BCUT2D eigenvalue weighted by Gasteiger charge is -2.19. The third kappa shape index (κ3) is 3.91. The van der Waals surface area contributed by atoms with Crippen LogP contribution in [0.2, 0.25) is 0 Å². The zero-order valence-corrected chi connectivity index (χ0v) is 11.2. The fourth-order valence-corrected chi connectivity index (χ4v) is 2.07. The maximum Gasteiger partial charge on any atom is 0.416 e. The molecule has 9 heteroatoms. The molecule has 1 atom stereocenters. The molecule has 1 unspecified atom stereocenters. The van der Waals surface area contributed by atoms with E-state index in [1.54, 1.807) is 6.92 Å². The van der Waals surface area contributed by atoms with E-state index in [4.69, 9.17) is 0 Å². The Morgan fingerprint density at radius 2 is 2.00 bits per heavy atom. The molecule has 1 aliphatic heterocycles. The molecule has 1 aromatic rings. The van der Waals surface area contributed by atoms with Crippen molar-refractivity contribution in [1.29, 1.82) is 0 Å². The van der Waals surface area contributed by atoms with Crippen LogP contribution in [0.5, 0.6) is 0 Å². The normalized spacial score (nSPS) is 17.7. The molecule has 0 spiro atoms. The summed E-state index contributed by atoms with van der Waals surface area (Å²) in [6.45, 7) is 1.75. The Morgan fingerprint density at radius 1 is 1.33 bits per heavy atom. The van der Waals surface area contributed by atoms with Crippen LogP contribution in [0.15, 0.2) is 24.3 Å². The Hall–Kier alpha value is -1.68. The number of rotatable bonds is 4. The average molecular weight is 303 g/mol. The Kier molecular flexibility index (Phi) is 4.78. The van der Waals surface area contributed by atoms with Crippen LogP contribution in [0.25, 0.3) is 0 Å². The molecule has 1 aliphatic rings. The van der Waals surface area contributed by atoms with E-state index in [-0.39, 0.29) is 5.91 Å². The number of halogens is 3. The molecule has 6 nitrogen and oxygen atoms in total. The summed E-state index contributed by atoms with van der Waals surface area (Å²) >= 11 is 0. The van der Waals surface area contributed by atoms with Gasteiger partial charge in [0.2, 0.25) is 5.91 Å². The number of benzene rings is 1. The minimum absolute atomic E-state index is 0.337. The topological polar surface area (TPSA) is 77.2 Å². The molecule has 0 bridgehead atoms. The standard InChI is InChI=1S/C12H16F3N5O/c1-2-9(10(21)16-11-17-19-20-18-11)7-4-3-5-8(6-7)12(13,14)15/h3-6,9,11,17-20H,2H2,1H3,(H,16,21). The second kappa shape index (κ2) is 6.39. The number of nitrogens with one attached hydrogen (secondary N) is 5. The first-order valence-electron chi connectivity index (χ1n) is 6.40. The molecule has 1 aromatic carbocycles. The quantitative estimate of drug-likeness (QED) is 0.566. The summed E-state index contributed by atoms with van der Waals surface area (Å²) in [6.07, 6.45) is -4.58. The number of hydrogen-bond acceptors (Lipinski definition) is 5. The van der Waals surface area contributed by atoms with Crippen LogP contribution in [-0.4, -0.2) is 12.2 Å². The summed E-state index contributed by atoms with van der Waals surface area (Å²) in [5.41, 5.74) is 9.98. The zero-order chi connectivity index (χ0) is 15.5. The Morgan fingerprint density at radius 3 is 2.57 bits per heavy atom. The van der Waals surface area contributed by atoms with Gasteiger partial charge in [-0.2, -0.15) is 24.2 Å². The van der Waals surface area contributed by atoms with Crippen LogP contribution in [0.3, 0.4) is 0 Å². The number of amides is 1. The third-order valence-electron chi connectivity index (χ3n) is 3.12. The van der Waals surface area contributed by atoms with Crippen LogP contribution in [0.4, 0.5) is 13.2 Å². The van der Waals surface area contributed by atoms with Gasteiger partial charge in [-0.3, -0.25) is 4.79 Å². The first-order chi connectivity index (χ1) is 9.91. The van der Waals surface area contributed by atoms with Gasteiger partial charge in [-0.25, -0.2) is 10.9 Å². The van der Waals surface area contributed by atoms with Crippen LogP contribution in [0.1, 0.15) is 30.4 Å². The van der Waals surface area contributed by atoms with Gasteiger partial charge in [0.1, 0.15) is 0 Å². The highest BCUT2D eigenvalue weighted by molar-refractivity contribution is 5.83. The summed E-state index contributed by atoms with van der Waals surface area (Å²) in [5.74, 6) is -1.02. The van der Waals surface area contributed by atoms with Gasteiger partial charge in [0.05, 0.1) is 11.5 Å². The van der Waals surface area contributed by atoms with E-state index in [2.05, 4.69) is 27.2 Å². The second-order valence-electron chi connectivity index (χ2n) is 4.56. The van der Waals surface area contributed by atoms with E-state index in [0.717, 1.165) is 12.1 Å². The van der Waals surface area contributed by atoms with E-state index in [1.165, 1.54) is 12.1 Å². The minimum atomic E-state index is -4.42. The summed E-state index contributed by atoms with van der Waals surface area (Å²) in [6, 6.07) is 4.83. The largest absolute Gasteiger partial charge is 0.416 e. The van der Waals surface area contributed by atoms with E-state index >= 15 is 0 Å². The molecule has 0 saturated carbocycles. The molecule has 1 fully saturated rings. The highest BCUT2D eigenvalue weighted by Crippen LogP contribution is 2.31. The van der Waals surface area contributed by atoms with E-state index < -0.39 is 23.9 Å². The van der Waals surface area contributed by atoms with E-state index in [9.17, 15) is 18.0 Å². The fraction of sp³-hybridized carbons (Fsp3) is 0.417. The first kappa shape index (κ1) is 15.7. The maximum atomic E-state index is 12.7. The van der Waals surface area contributed by atoms with Crippen molar-refractivity contribution in [3.63, 3.8) is 0 Å². The molecule has 1 heterocycles. The van der Waals surface area contributed by atoms with Crippen molar-refractivity contribution in [2.24, 2.45) is 0 Å². The lowest BCUT2D eigenvalue weighted by atomic mass is 9.94. The van der Waals surface area contributed by atoms with Crippen molar-refractivity contribution in [3.8, 4) is 0 Å². The minimum Gasteiger partial charge on any atom is -0.326 e.